The lowest BCUT2D eigenvalue weighted by molar-refractivity contribution is -0.143. The second kappa shape index (κ2) is 79.5. The van der Waals surface area contributed by atoms with Crippen molar-refractivity contribution >= 4 is 11.9 Å². The summed E-state index contributed by atoms with van der Waals surface area (Å²) in [5, 5.41) is 23.3. The van der Waals surface area contributed by atoms with E-state index in [0.717, 1.165) is 44.9 Å². The first-order valence-electron chi connectivity index (χ1n) is 41.3. The lowest BCUT2D eigenvalue weighted by atomic mass is 10.0. The molecule has 0 rings (SSSR count). The van der Waals surface area contributed by atoms with Crippen LogP contribution in [0.15, 0.2) is 36.5 Å². The molecule has 6 nitrogen and oxygen atoms in total. The van der Waals surface area contributed by atoms with Crippen LogP contribution in [0.3, 0.4) is 0 Å². The first-order chi connectivity index (χ1) is 44.5. The summed E-state index contributed by atoms with van der Waals surface area (Å²) >= 11 is 0. The van der Waals surface area contributed by atoms with Gasteiger partial charge in [0, 0.05) is 12.8 Å². The molecule has 0 aromatic carbocycles. The van der Waals surface area contributed by atoms with E-state index in [2.05, 4.69) is 43.5 Å². The highest BCUT2D eigenvalue weighted by molar-refractivity contribution is 5.76. The normalized spacial score (nSPS) is 12.6. The fraction of sp³-hybridized carbons (Fsp3) is 0.905. The first kappa shape index (κ1) is 88.1. The molecule has 6 heteroatoms. The molecular formula is C84H161NO5. The maximum Gasteiger partial charge on any atom is 0.305 e. The summed E-state index contributed by atoms with van der Waals surface area (Å²) in [7, 11) is 0. The minimum absolute atomic E-state index is 0.0146. The summed E-state index contributed by atoms with van der Waals surface area (Å²) in [5.41, 5.74) is 0. The van der Waals surface area contributed by atoms with Crippen LogP contribution in [0.5, 0.6) is 0 Å². The summed E-state index contributed by atoms with van der Waals surface area (Å²) in [4.78, 5) is 24.6. The molecule has 0 bridgehead atoms. The minimum atomic E-state index is -0.843. The fourth-order valence-electron chi connectivity index (χ4n) is 13.1. The van der Waals surface area contributed by atoms with Crippen molar-refractivity contribution in [2.45, 2.75) is 475 Å². The van der Waals surface area contributed by atoms with Crippen LogP contribution >= 0.6 is 0 Å². The van der Waals surface area contributed by atoms with Crippen molar-refractivity contribution in [3.8, 4) is 0 Å². The Morgan fingerprint density at radius 1 is 0.300 bits per heavy atom. The summed E-state index contributed by atoms with van der Waals surface area (Å²) in [5.74, 6) is -0.0449. The van der Waals surface area contributed by atoms with Gasteiger partial charge in [-0.25, -0.2) is 0 Å². The zero-order valence-corrected chi connectivity index (χ0v) is 61.1. The Morgan fingerprint density at radius 3 is 0.789 bits per heavy atom. The summed E-state index contributed by atoms with van der Waals surface area (Å²) in [6.45, 7) is 4.95. The Hall–Kier alpha value is -1.92. The topological polar surface area (TPSA) is 95.9 Å². The summed E-state index contributed by atoms with van der Waals surface area (Å²) in [6, 6.07) is -0.626. The molecule has 0 aliphatic carbocycles. The second-order valence-electron chi connectivity index (χ2n) is 28.4. The lowest BCUT2D eigenvalue weighted by Crippen LogP contribution is -2.45. The van der Waals surface area contributed by atoms with Crippen LogP contribution < -0.4 is 5.32 Å². The van der Waals surface area contributed by atoms with Gasteiger partial charge >= 0.3 is 5.97 Å². The van der Waals surface area contributed by atoms with Crippen molar-refractivity contribution in [3.63, 3.8) is 0 Å². The molecule has 0 saturated heterocycles. The van der Waals surface area contributed by atoms with E-state index in [4.69, 9.17) is 4.74 Å². The van der Waals surface area contributed by atoms with E-state index in [0.29, 0.717) is 19.4 Å². The molecule has 0 aromatic rings. The predicted molar refractivity (Wildman–Crippen MR) is 398 cm³/mol. The summed E-state index contributed by atoms with van der Waals surface area (Å²) < 4.78 is 5.50. The largest absolute Gasteiger partial charge is 0.466 e. The van der Waals surface area contributed by atoms with E-state index in [1.165, 1.54) is 392 Å². The second-order valence-corrected chi connectivity index (χ2v) is 28.4. The van der Waals surface area contributed by atoms with Gasteiger partial charge in [-0.2, -0.15) is 0 Å². The Balaban J connectivity index is 3.35. The van der Waals surface area contributed by atoms with Crippen LogP contribution in [0.1, 0.15) is 463 Å². The molecule has 0 aliphatic heterocycles. The molecule has 0 heterocycles. The number of aliphatic hydroxyl groups excluding tert-OH is 2. The quantitative estimate of drug-likeness (QED) is 0.0320. The smallest absolute Gasteiger partial charge is 0.305 e. The van der Waals surface area contributed by atoms with Crippen LogP contribution in [0.4, 0.5) is 0 Å². The van der Waals surface area contributed by atoms with Crippen molar-refractivity contribution in [1.82, 2.24) is 5.32 Å². The predicted octanol–water partition coefficient (Wildman–Crippen LogP) is 27.4. The van der Waals surface area contributed by atoms with E-state index >= 15 is 0 Å². The number of esters is 1. The molecule has 1 amide bonds. The van der Waals surface area contributed by atoms with Crippen molar-refractivity contribution < 1.29 is 24.5 Å². The first-order valence-corrected chi connectivity index (χ1v) is 41.3. The van der Waals surface area contributed by atoms with Gasteiger partial charge in [-0.1, -0.05) is 403 Å². The van der Waals surface area contributed by atoms with Crippen molar-refractivity contribution in [2.75, 3.05) is 13.2 Å². The molecule has 2 unspecified atom stereocenters. The number of hydrogen-bond donors (Lipinski definition) is 3. The molecular weight excluding hydrogens is 1100 g/mol. The van der Waals surface area contributed by atoms with E-state index in [9.17, 15) is 19.8 Å². The number of aliphatic hydroxyl groups is 2. The monoisotopic (exact) mass is 1260 g/mol. The minimum Gasteiger partial charge on any atom is -0.466 e. The average molecular weight is 1270 g/mol. The highest BCUT2D eigenvalue weighted by atomic mass is 16.5. The van der Waals surface area contributed by atoms with Crippen molar-refractivity contribution in [1.29, 1.82) is 0 Å². The SMILES string of the molecule is CCCCCCCCC/C=C\CCCCCCCC(=O)OCCCCCCCCCCCCCCCCCC/C=C\CCCCCCCCCCCCCCCCCCCC(=O)NC(CO)C(O)/C=C/CCCCCCCCCCCCCCCCCCCC. The third-order valence-corrected chi connectivity index (χ3v) is 19.4. The van der Waals surface area contributed by atoms with Gasteiger partial charge in [0.2, 0.25) is 5.91 Å². The number of hydrogen-bond acceptors (Lipinski definition) is 5. The average Bonchev–Trinajstić information content (AvgIpc) is 3.68. The summed E-state index contributed by atoms with van der Waals surface area (Å²) in [6.07, 6.45) is 104. The molecule has 0 aromatic heterocycles. The number of ether oxygens (including phenoxy) is 1. The molecule has 0 aliphatic rings. The van der Waals surface area contributed by atoms with Crippen molar-refractivity contribution in [3.05, 3.63) is 36.5 Å². The molecule has 0 radical (unpaired) electrons. The Kier molecular flexibility index (Phi) is 77.8. The zero-order valence-electron chi connectivity index (χ0n) is 61.1. The number of amides is 1. The van der Waals surface area contributed by atoms with Crippen molar-refractivity contribution in [2.24, 2.45) is 0 Å². The van der Waals surface area contributed by atoms with Gasteiger partial charge in [0.05, 0.1) is 25.4 Å². The van der Waals surface area contributed by atoms with Gasteiger partial charge in [-0.15, -0.1) is 0 Å². The van der Waals surface area contributed by atoms with Gasteiger partial charge in [-0.3, -0.25) is 9.59 Å². The molecule has 90 heavy (non-hydrogen) atoms. The number of rotatable bonds is 78. The van der Waals surface area contributed by atoms with E-state index in [1.54, 1.807) is 6.08 Å². The number of unbranched alkanes of at least 4 members (excludes halogenated alkanes) is 63. The molecule has 532 valence electrons. The third kappa shape index (κ3) is 75.1. The molecule has 0 fully saturated rings. The Labute approximate surface area is 564 Å². The third-order valence-electron chi connectivity index (χ3n) is 19.4. The highest BCUT2D eigenvalue weighted by Gasteiger charge is 2.18. The highest BCUT2D eigenvalue weighted by Crippen LogP contribution is 2.20. The zero-order chi connectivity index (χ0) is 64.9. The maximum absolute atomic E-state index is 12.5. The number of allylic oxidation sites excluding steroid dienone is 5. The molecule has 0 spiro atoms. The fourth-order valence-corrected chi connectivity index (χ4v) is 13.1. The molecule has 3 N–H and O–H groups in total. The van der Waals surface area contributed by atoms with Crippen LogP contribution in [0.2, 0.25) is 0 Å². The van der Waals surface area contributed by atoms with Gasteiger partial charge in [0.15, 0.2) is 0 Å². The van der Waals surface area contributed by atoms with Crippen LogP contribution in [0.25, 0.3) is 0 Å². The maximum atomic E-state index is 12.5. The van der Waals surface area contributed by atoms with E-state index in [1.807, 2.05) is 6.08 Å². The van der Waals surface area contributed by atoms with Crippen LogP contribution in [-0.2, 0) is 14.3 Å². The van der Waals surface area contributed by atoms with Gasteiger partial charge in [-0.05, 0) is 83.5 Å². The standard InChI is InChI=1S/C84H161NO5/c1-3-5-7-9-11-13-15-17-19-21-22-42-45-48-52-56-60-64-68-72-76-82(87)81(80-86)85-83(88)77-73-69-65-61-57-53-49-46-43-40-38-36-34-32-30-28-26-24-23-25-27-29-31-33-35-37-39-41-44-47-51-55-59-63-67-71-75-79-90-84(89)78-74-70-66-62-58-54-50-20-18-16-14-12-10-8-6-4-2/h20,23,25,50,72,76,81-82,86-87H,3-19,21-22,24,26-49,51-71,73-75,77-80H2,1-2H3,(H,85,88)/b25-23-,50-20-,76-72+. The number of carbonyl (C=O) groups excluding carboxylic acids is 2. The van der Waals surface area contributed by atoms with E-state index < -0.39 is 12.1 Å². The van der Waals surface area contributed by atoms with Crippen LogP contribution in [-0.4, -0.2) is 47.4 Å². The number of carbonyl (C=O) groups is 2. The molecule has 0 saturated carbocycles. The van der Waals surface area contributed by atoms with E-state index in [-0.39, 0.29) is 18.5 Å². The Bertz CT molecular complexity index is 1460. The number of nitrogens with one attached hydrogen (secondary N) is 1. The van der Waals surface area contributed by atoms with Gasteiger partial charge < -0.3 is 20.3 Å². The Morgan fingerprint density at radius 2 is 0.522 bits per heavy atom. The van der Waals surface area contributed by atoms with Gasteiger partial charge in [0.25, 0.3) is 0 Å². The lowest BCUT2D eigenvalue weighted by Gasteiger charge is -2.20. The molecule has 2 atom stereocenters. The van der Waals surface area contributed by atoms with Crippen LogP contribution in [0, 0.1) is 0 Å². The van der Waals surface area contributed by atoms with Gasteiger partial charge in [0.1, 0.15) is 0 Å².